The molecule has 0 aromatic carbocycles. The number of hydrogen-bond acceptors (Lipinski definition) is 3. The van der Waals surface area contributed by atoms with E-state index in [2.05, 4.69) is 5.10 Å². The van der Waals surface area contributed by atoms with Crippen LogP contribution < -0.4 is 0 Å². The molecule has 1 saturated carbocycles. The molecule has 0 spiro atoms. The Balaban J connectivity index is 2.07. The minimum Gasteiger partial charge on any atom is -0.481 e. The molecule has 1 fully saturated rings. The van der Waals surface area contributed by atoms with Gasteiger partial charge >= 0.3 is 5.97 Å². The number of carbonyl (C=O) groups excluding carboxylic acids is 1. The standard InChI is InChI=1S/C15H23N3O3/c1-10-11(8-16-18(10)3)9-17(2)14(19)12-6-4-5-7-13(12)15(20)21/h8,12-13H,4-7,9H2,1-3H3,(H,20,21)/t12-,13+/m0/s1. The summed E-state index contributed by atoms with van der Waals surface area (Å²) in [5.74, 6) is -1.84. The van der Waals surface area contributed by atoms with Crippen molar-refractivity contribution >= 4 is 11.9 Å². The van der Waals surface area contributed by atoms with Crippen LogP contribution in [0, 0.1) is 18.8 Å². The lowest BCUT2D eigenvalue weighted by Crippen LogP contribution is -2.40. The molecule has 0 radical (unpaired) electrons. The smallest absolute Gasteiger partial charge is 0.307 e. The van der Waals surface area contributed by atoms with Gasteiger partial charge in [-0.1, -0.05) is 12.8 Å². The van der Waals surface area contributed by atoms with Crippen molar-refractivity contribution in [2.45, 2.75) is 39.2 Å². The van der Waals surface area contributed by atoms with Crippen molar-refractivity contribution < 1.29 is 14.7 Å². The predicted molar refractivity (Wildman–Crippen MR) is 77.5 cm³/mol. The molecule has 1 amide bonds. The monoisotopic (exact) mass is 293 g/mol. The fourth-order valence-electron chi connectivity index (χ4n) is 3.04. The largest absolute Gasteiger partial charge is 0.481 e. The Morgan fingerprint density at radius 1 is 1.38 bits per heavy atom. The second-order valence-electron chi connectivity index (χ2n) is 5.91. The molecule has 6 heteroatoms. The molecule has 116 valence electrons. The summed E-state index contributed by atoms with van der Waals surface area (Å²) in [6.07, 6.45) is 4.86. The molecule has 6 nitrogen and oxygen atoms in total. The van der Waals surface area contributed by atoms with Gasteiger partial charge in [0.25, 0.3) is 0 Å². The summed E-state index contributed by atoms with van der Waals surface area (Å²) >= 11 is 0. The Labute approximate surface area is 124 Å². The Bertz CT molecular complexity index is 538. The fraction of sp³-hybridized carbons (Fsp3) is 0.667. The van der Waals surface area contributed by atoms with Crippen LogP contribution in [0.3, 0.4) is 0 Å². The maximum Gasteiger partial charge on any atom is 0.307 e. The topological polar surface area (TPSA) is 75.4 Å². The van der Waals surface area contributed by atoms with E-state index >= 15 is 0 Å². The highest BCUT2D eigenvalue weighted by Gasteiger charge is 2.37. The van der Waals surface area contributed by atoms with Crippen molar-refractivity contribution in [3.05, 3.63) is 17.5 Å². The van der Waals surface area contributed by atoms with Gasteiger partial charge in [-0.2, -0.15) is 5.10 Å². The van der Waals surface area contributed by atoms with E-state index in [4.69, 9.17) is 0 Å². The third kappa shape index (κ3) is 3.25. The highest BCUT2D eigenvalue weighted by Crippen LogP contribution is 2.31. The van der Waals surface area contributed by atoms with Crippen LogP contribution in [-0.2, 0) is 23.2 Å². The normalized spacial score (nSPS) is 22.0. The SMILES string of the molecule is Cc1c(CN(C)C(=O)[C@H]2CCCC[C@H]2C(=O)O)cnn1C. The molecule has 0 aliphatic heterocycles. The van der Waals surface area contributed by atoms with Crippen LogP contribution in [0.2, 0.25) is 0 Å². The van der Waals surface area contributed by atoms with Crippen molar-refractivity contribution in [1.29, 1.82) is 0 Å². The number of rotatable bonds is 4. The molecule has 1 aliphatic carbocycles. The van der Waals surface area contributed by atoms with Crippen LogP contribution in [0.5, 0.6) is 0 Å². The van der Waals surface area contributed by atoms with Gasteiger partial charge in [0.1, 0.15) is 0 Å². The molecule has 1 aliphatic rings. The second-order valence-corrected chi connectivity index (χ2v) is 5.91. The summed E-state index contributed by atoms with van der Waals surface area (Å²) in [5.41, 5.74) is 2.02. The number of aryl methyl sites for hydroxylation is 1. The highest BCUT2D eigenvalue weighted by molar-refractivity contribution is 5.84. The number of carboxylic acid groups (broad SMARTS) is 1. The zero-order valence-electron chi connectivity index (χ0n) is 12.9. The van der Waals surface area contributed by atoms with E-state index < -0.39 is 17.8 Å². The number of aromatic nitrogens is 2. The molecule has 1 aromatic heterocycles. The molecular formula is C15H23N3O3. The van der Waals surface area contributed by atoms with Gasteiger partial charge in [-0.3, -0.25) is 14.3 Å². The first-order valence-electron chi connectivity index (χ1n) is 7.37. The zero-order chi connectivity index (χ0) is 15.6. The van der Waals surface area contributed by atoms with E-state index in [1.54, 1.807) is 22.8 Å². The Kier molecular flexibility index (Phi) is 4.65. The average Bonchev–Trinajstić information content (AvgIpc) is 2.78. The van der Waals surface area contributed by atoms with Crippen LogP contribution >= 0.6 is 0 Å². The van der Waals surface area contributed by atoms with Gasteiger partial charge in [0.15, 0.2) is 0 Å². The lowest BCUT2D eigenvalue weighted by molar-refractivity contribution is -0.152. The predicted octanol–water partition coefficient (Wildman–Crippen LogP) is 1.58. The number of nitrogens with zero attached hydrogens (tertiary/aromatic N) is 3. The van der Waals surface area contributed by atoms with Crippen molar-refractivity contribution in [1.82, 2.24) is 14.7 Å². The zero-order valence-corrected chi connectivity index (χ0v) is 12.9. The maximum absolute atomic E-state index is 12.6. The summed E-state index contributed by atoms with van der Waals surface area (Å²) in [5, 5.41) is 13.5. The fourth-order valence-corrected chi connectivity index (χ4v) is 3.04. The maximum atomic E-state index is 12.6. The van der Waals surface area contributed by atoms with Gasteiger partial charge in [-0.05, 0) is 19.8 Å². The lowest BCUT2D eigenvalue weighted by atomic mass is 9.78. The summed E-state index contributed by atoms with van der Waals surface area (Å²) in [6, 6.07) is 0. The van der Waals surface area contributed by atoms with Crippen molar-refractivity contribution in [3.63, 3.8) is 0 Å². The van der Waals surface area contributed by atoms with E-state index in [9.17, 15) is 14.7 Å². The van der Waals surface area contributed by atoms with E-state index in [-0.39, 0.29) is 5.91 Å². The Morgan fingerprint density at radius 3 is 2.52 bits per heavy atom. The molecule has 2 atom stereocenters. The molecular weight excluding hydrogens is 270 g/mol. The third-order valence-electron chi connectivity index (χ3n) is 4.52. The first kappa shape index (κ1) is 15.5. The van der Waals surface area contributed by atoms with E-state index in [1.165, 1.54) is 0 Å². The first-order valence-corrected chi connectivity index (χ1v) is 7.37. The van der Waals surface area contributed by atoms with Gasteiger partial charge in [0, 0.05) is 31.9 Å². The van der Waals surface area contributed by atoms with E-state index in [0.717, 1.165) is 24.1 Å². The van der Waals surface area contributed by atoms with Crippen molar-refractivity contribution in [3.8, 4) is 0 Å². The number of aliphatic carboxylic acids is 1. The highest BCUT2D eigenvalue weighted by atomic mass is 16.4. The summed E-state index contributed by atoms with van der Waals surface area (Å²) in [6.45, 7) is 2.43. The Hall–Kier alpha value is -1.85. The van der Waals surface area contributed by atoms with Gasteiger partial charge < -0.3 is 10.0 Å². The molecule has 1 aromatic rings. The summed E-state index contributed by atoms with van der Waals surface area (Å²) in [7, 11) is 3.60. The van der Waals surface area contributed by atoms with E-state index in [1.807, 2.05) is 14.0 Å². The van der Waals surface area contributed by atoms with Gasteiger partial charge in [0.05, 0.1) is 18.0 Å². The van der Waals surface area contributed by atoms with Crippen molar-refractivity contribution in [2.24, 2.45) is 18.9 Å². The van der Waals surface area contributed by atoms with Crippen LogP contribution in [0.1, 0.15) is 36.9 Å². The molecule has 0 bridgehead atoms. The van der Waals surface area contributed by atoms with Crippen molar-refractivity contribution in [2.75, 3.05) is 7.05 Å². The van der Waals surface area contributed by atoms with Gasteiger partial charge in [-0.25, -0.2) is 0 Å². The van der Waals surface area contributed by atoms with Crippen LogP contribution in [0.4, 0.5) is 0 Å². The average molecular weight is 293 g/mol. The van der Waals surface area contributed by atoms with Crippen LogP contribution in [0.25, 0.3) is 0 Å². The lowest BCUT2D eigenvalue weighted by Gasteiger charge is -2.31. The number of amides is 1. The van der Waals surface area contributed by atoms with Crippen LogP contribution in [-0.4, -0.2) is 38.7 Å². The molecule has 1 N–H and O–H groups in total. The molecule has 1 heterocycles. The minimum atomic E-state index is -0.848. The minimum absolute atomic E-state index is 0.0645. The summed E-state index contributed by atoms with van der Waals surface area (Å²) < 4.78 is 1.77. The Morgan fingerprint density at radius 2 is 2.00 bits per heavy atom. The first-order chi connectivity index (χ1) is 9.91. The van der Waals surface area contributed by atoms with Crippen LogP contribution in [0.15, 0.2) is 6.20 Å². The molecule has 0 unspecified atom stereocenters. The number of carboxylic acids is 1. The summed E-state index contributed by atoms with van der Waals surface area (Å²) in [4.78, 5) is 25.5. The number of carbonyl (C=O) groups is 2. The molecule has 2 rings (SSSR count). The quantitative estimate of drug-likeness (QED) is 0.914. The second kappa shape index (κ2) is 6.28. The number of hydrogen-bond donors (Lipinski definition) is 1. The van der Waals surface area contributed by atoms with Gasteiger partial charge in [0.2, 0.25) is 5.91 Å². The van der Waals surface area contributed by atoms with E-state index in [0.29, 0.717) is 19.4 Å². The van der Waals surface area contributed by atoms with Gasteiger partial charge in [-0.15, -0.1) is 0 Å². The third-order valence-corrected chi connectivity index (χ3v) is 4.52. The molecule has 21 heavy (non-hydrogen) atoms. The molecule has 0 saturated heterocycles.